The van der Waals surface area contributed by atoms with Crippen LogP contribution in [0.1, 0.15) is 58.9 Å². The van der Waals surface area contributed by atoms with Crippen molar-refractivity contribution in [3.8, 4) is 0 Å². The zero-order valence-corrected chi connectivity index (χ0v) is 17.1. The van der Waals surface area contributed by atoms with Crippen LogP contribution in [0.5, 0.6) is 0 Å². The van der Waals surface area contributed by atoms with Gasteiger partial charge in [-0.3, -0.25) is 0 Å². The minimum Gasteiger partial charge on any atom is -0.302 e. The van der Waals surface area contributed by atoms with Gasteiger partial charge in [0.05, 0.1) is 0 Å². The maximum absolute atomic E-state index is 2.77. The molecule has 0 N–H and O–H groups in total. The molecule has 1 aliphatic heterocycles. The fourth-order valence-electron chi connectivity index (χ4n) is 6.62. The number of hydrogen-bond acceptors (Lipinski definition) is 1. The number of benzene rings is 3. The van der Waals surface area contributed by atoms with E-state index in [9.17, 15) is 0 Å². The summed E-state index contributed by atoms with van der Waals surface area (Å²) in [4.78, 5) is 2.77. The molecule has 29 heavy (non-hydrogen) atoms. The number of unbranched alkanes of at least 4 members (excludes halogenated alkanes) is 1. The van der Waals surface area contributed by atoms with Gasteiger partial charge in [-0.05, 0) is 60.0 Å². The summed E-state index contributed by atoms with van der Waals surface area (Å²) in [5.41, 5.74) is 8.31. The van der Waals surface area contributed by atoms with Crippen LogP contribution in [0.25, 0.3) is 0 Å². The van der Waals surface area contributed by atoms with Crippen molar-refractivity contribution in [1.29, 1.82) is 0 Å². The van der Waals surface area contributed by atoms with Crippen LogP contribution >= 0.6 is 0 Å². The highest BCUT2D eigenvalue weighted by Crippen LogP contribution is 2.62. The Labute approximate surface area is 174 Å². The lowest BCUT2D eigenvalue weighted by Crippen LogP contribution is -2.35. The number of hydrogen-bond donors (Lipinski definition) is 0. The van der Waals surface area contributed by atoms with E-state index in [0.717, 1.165) is 0 Å². The van der Waals surface area contributed by atoms with Gasteiger partial charge in [-0.2, -0.15) is 0 Å². The lowest BCUT2D eigenvalue weighted by Gasteiger charge is -2.37. The van der Waals surface area contributed by atoms with Gasteiger partial charge >= 0.3 is 0 Å². The smallest absolute Gasteiger partial charge is 0.0173 e. The summed E-state index contributed by atoms with van der Waals surface area (Å²) in [7, 11) is 0. The molecule has 6 rings (SSSR count). The summed E-state index contributed by atoms with van der Waals surface area (Å²) < 4.78 is 0. The molecule has 146 valence electrons. The first-order valence-corrected chi connectivity index (χ1v) is 11.3. The number of aryl methyl sites for hydroxylation is 1. The maximum atomic E-state index is 2.77. The average Bonchev–Trinajstić information content (AvgIpc) is 3.30. The lowest BCUT2D eigenvalue weighted by molar-refractivity contribution is 0.299. The second-order valence-corrected chi connectivity index (χ2v) is 9.36. The first kappa shape index (κ1) is 17.5. The van der Waals surface area contributed by atoms with Crippen LogP contribution < -0.4 is 0 Å². The van der Waals surface area contributed by atoms with E-state index in [2.05, 4.69) is 83.8 Å². The van der Waals surface area contributed by atoms with Gasteiger partial charge in [-0.25, -0.2) is 0 Å². The maximum Gasteiger partial charge on any atom is 0.0173 e. The summed E-state index contributed by atoms with van der Waals surface area (Å²) in [6, 6.07) is 29.6. The highest BCUT2D eigenvalue weighted by atomic mass is 15.2. The molecule has 1 saturated heterocycles. The minimum absolute atomic E-state index is 0.342. The van der Waals surface area contributed by atoms with Gasteiger partial charge < -0.3 is 4.90 Å². The van der Waals surface area contributed by atoms with Gasteiger partial charge in [0.25, 0.3) is 0 Å². The fraction of sp³-hybridized carbons (Fsp3) is 0.357. The molecule has 1 spiro atoms. The average molecular weight is 380 g/mol. The summed E-state index contributed by atoms with van der Waals surface area (Å²) in [5, 5.41) is 0. The quantitative estimate of drug-likeness (QED) is 0.499. The molecule has 0 aromatic heterocycles. The first-order chi connectivity index (χ1) is 14.4. The van der Waals surface area contributed by atoms with Gasteiger partial charge in [0, 0.05) is 30.3 Å². The molecule has 1 nitrogen and oxygen atoms in total. The van der Waals surface area contributed by atoms with Crippen molar-refractivity contribution in [1.82, 2.24) is 4.90 Å². The molecule has 3 aromatic carbocycles. The minimum atomic E-state index is 0.342. The molecular weight excluding hydrogens is 350 g/mol. The Balaban J connectivity index is 1.24. The van der Waals surface area contributed by atoms with Crippen LogP contribution in [0.3, 0.4) is 0 Å². The molecular formula is C28H29N. The second-order valence-electron chi connectivity index (χ2n) is 9.36. The number of likely N-dealkylation sites (tertiary alicyclic amines) is 1. The first-order valence-electron chi connectivity index (χ1n) is 11.3. The van der Waals surface area contributed by atoms with Crippen molar-refractivity contribution in [3.05, 3.63) is 107 Å². The lowest BCUT2D eigenvalue weighted by atomic mass is 9.65. The van der Waals surface area contributed by atoms with Crippen molar-refractivity contribution in [2.24, 2.45) is 0 Å². The van der Waals surface area contributed by atoms with Crippen LogP contribution in [0.2, 0.25) is 0 Å². The normalized spacial score (nSPS) is 26.8. The van der Waals surface area contributed by atoms with E-state index >= 15 is 0 Å². The Kier molecular flexibility index (Phi) is 4.13. The van der Waals surface area contributed by atoms with Crippen molar-refractivity contribution < 1.29 is 0 Å². The number of rotatable bonds is 5. The van der Waals surface area contributed by atoms with E-state index in [0.29, 0.717) is 17.3 Å². The Hall–Kier alpha value is -2.38. The topological polar surface area (TPSA) is 3.24 Å². The van der Waals surface area contributed by atoms with Gasteiger partial charge in [-0.1, -0.05) is 78.9 Å². The third-order valence-electron chi connectivity index (χ3n) is 7.83. The van der Waals surface area contributed by atoms with Crippen LogP contribution in [0.4, 0.5) is 0 Å². The van der Waals surface area contributed by atoms with Gasteiger partial charge in [-0.15, -0.1) is 0 Å². The summed E-state index contributed by atoms with van der Waals surface area (Å²) >= 11 is 0. The Bertz CT molecular complexity index is 1010. The zero-order valence-electron chi connectivity index (χ0n) is 17.1. The summed E-state index contributed by atoms with van der Waals surface area (Å²) in [6.45, 7) is 3.70. The third kappa shape index (κ3) is 2.71. The largest absolute Gasteiger partial charge is 0.302 e. The molecule has 1 heterocycles. The SMILES string of the molecule is c1ccc(CCCCN2CC3c4ccccc4C4CC3(C2)c2ccccc24)cc1. The molecule has 0 radical (unpaired) electrons. The summed E-state index contributed by atoms with van der Waals surface area (Å²) in [6.07, 6.45) is 5.10. The predicted octanol–water partition coefficient (Wildman–Crippen LogP) is 5.90. The molecule has 0 amide bonds. The Morgan fingerprint density at radius 2 is 1.48 bits per heavy atom. The van der Waals surface area contributed by atoms with E-state index in [4.69, 9.17) is 0 Å². The predicted molar refractivity (Wildman–Crippen MR) is 120 cm³/mol. The number of nitrogens with zero attached hydrogens (tertiary/aromatic N) is 1. The fourth-order valence-corrected chi connectivity index (χ4v) is 6.62. The Morgan fingerprint density at radius 3 is 2.34 bits per heavy atom. The third-order valence-corrected chi connectivity index (χ3v) is 7.83. The molecule has 3 unspecified atom stereocenters. The molecule has 1 fully saturated rings. The summed E-state index contributed by atoms with van der Waals surface area (Å²) in [5.74, 6) is 1.27. The molecule has 1 heteroatoms. The molecule has 2 aliphatic carbocycles. The second kappa shape index (κ2) is 6.85. The zero-order chi connectivity index (χ0) is 19.3. The van der Waals surface area contributed by atoms with Crippen molar-refractivity contribution in [2.45, 2.75) is 42.9 Å². The van der Waals surface area contributed by atoms with E-state index in [1.807, 2.05) is 0 Å². The van der Waals surface area contributed by atoms with Crippen molar-refractivity contribution >= 4 is 0 Å². The number of fused-ring (bicyclic) bond motifs is 3. The molecule has 3 aliphatic rings. The van der Waals surface area contributed by atoms with E-state index in [1.54, 1.807) is 22.3 Å². The molecule has 3 aromatic rings. The van der Waals surface area contributed by atoms with Gasteiger partial charge in [0.2, 0.25) is 0 Å². The van der Waals surface area contributed by atoms with Crippen LogP contribution in [0, 0.1) is 0 Å². The van der Waals surface area contributed by atoms with Crippen LogP contribution in [-0.2, 0) is 11.8 Å². The van der Waals surface area contributed by atoms with Gasteiger partial charge in [0.1, 0.15) is 0 Å². The van der Waals surface area contributed by atoms with Gasteiger partial charge in [0.15, 0.2) is 0 Å². The van der Waals surface area contributed by atoms with E-state index in [-0.39, 0.29) is 0 Å². The van der Waals surface area contributed by atoms with E-state index < -0.39 is 0 Å². The monoisotopic (exact) mass is 379 g/mol. The van der Waals surface area contributed by atoms with Crippen molar-refractivity contribution in [2.75, 3.05) is 19.6 Å². The van der Waals surface area contributed by atoms with Crippen molar-refractivity contribution in [3.63, 3.8) is 0 Å². The highest BCUT2D eigenvalue weighted by molar-refractivity contribution is 5.58. The molecule has 3 atom stereocenters. The molecule has 0 saturated carbocycles. The van der Waals surface area contributed by atoms with Crippen LogP contribution in [0.15, 0.2) is 78.9 Å². The van der Waals surface area contributed by atoms with Crippen LogP contribution in [-0.4, -0.2) is 24.5 Å². The Morgan fingerprint density at radius 1 is 0.759 bits per heavy atom. The molecule has 2 bridgehead atoms. The van der Waals surface area contributed by atoms with E-state index in [1.165, 1.54) is 50.9 Å². The standard InChI is InChI=1S/C28H29N/c1-2-10-21(11-3-1)12-8-9-17-29-19-27-23-14-5-4-13-22(23)25-18-28(27,20-29)26-16-7-6-15-24(25)26/h1-7,10-11,13-16,25,27H,8-9,12,17-20H2. The highest BCUT2D eigenvalue weighted by Gasteiger charge is 2.57.